The number of nitrogens with zero attached hydrogens (tertiary/aromatic N) is 1. The van der Waals surface area contributed by atoms with Crippen LogP contribution in [0.2, 0.25) is 0 Å². The normalized spacial score (nSPS) is 11.9. The molecule has 0 aliphatic rings. The molecule has 0 aliphatic carbocycles. The van der Waals surface area contributed by atoms with Gasteiger partial charge in [0.2, 0.25) is 0 Å². The van der Waals surface area contributed by atoms with E-state index in [2.05, 4.69) is 72.7 Å². The Morgan fingerprint density at radius 1 is 0.821 bits per heavy atom. The van der Waals surface area contributed by atoms with Crippen molar-refractivity contribution in [1.82, 2.24) is 0 Å². The van der Waals surface area contributed by atoms with E-state index in [1.807, 2.05) is 34.0 Å². The van der Waals surface area contributed by atoms with Crippen LogP contribution >= 0.6 is 34.0 Å². The quantitative estimate of drug-likeness (QED) is 0.259. The molecular formula is C24H27NS3. The van der Waals surface area contributed by atoms with Crippen LogP contribution in [0.5, 0.6) is 0 Å². The minimum atomic E-state index is 1.16. The molecule has 0 aliphatic heterocycles. The summed E-state index contributed by atoms with van der Waals surface area (Å²) in [5.41, 5.74) is 2.63. The Kier molecular flexibility index (Phi) is 6.50. The molecule has 3 aromatic heterocycles. The van der Waals surface area contributed by atoms with Crippen LogP contribution in [-0.4, -0.2) is 13.1 Å². The molecule has 0 radical (unpaired) electrons. The SMILES string of the molecule is CCCCN(CCCC)c1ccc(/C=C/c2cc3sc4ccsc4c3s2)cc1. The second-order valence-corrected chi connectivity index (χ2v) is 10.3. The summed E-state index contributed by atoms with van der Waals surface area (Å²) in [5, 5.41) is 2.20. The van der Waals surface area contributed by atoms with Gasteiger partial charge in [-0.2, -0.15) is 0 Å². The number of thiophene rings is 3. The summed E-state index contributed by atoms with van der Waals surface area (Å²) in [4.78, 5) is 3.88. The summed E-state index contributed by atoms with van der Waals surface area (Å²) in [6.07, 6.45) is 9.53. The van der Waals surface area contributed by atoms with Crippen molar-refractivity contribution in [2.75, 3.05) is 18.0 Å². The van der Waals surface area contributed by atoms with Gasteiger partial charge in [0.05, 0.1) is 9.40 Å². The maximum atomic E-state index is 2.54. The molecule has 0 amide bonds. The molecule has 146 valence electrons. The van der Waals surface area contributed by atoms with Crippen molar-refractivity contribution in [2.45, 2.75) is 39.5 Å². The zero-order valence-electron chi connectivity index (χ0n) is 16.6. The van der Waals surface area contributed by atoms with Crippen LogP contribution in [0, 0.1) is 0 Å². The number of hydrogen-bond donors (Lipinski definition) is 0. The van der Waals surface area contributed by atoms with Gasteiger partial charge < -0.3 is 4.90 Å². The first-order valence-corrected chi connectivity index (χ1v) is 12.7. The molecule has 0 unspecified atom stereocenters. The van der Waals surface area contributed by atoms with Gasteiger partial charge >= 0.3 is 0 Å². The van der Waals surface area contributed by atoms with E-state index in [0.29, 0.717) is 0 Å². The maximum Gasteiger partial charge on any atom is 0.0635 e. The van der Waals surface area contributed by atoms with Gasteiger partial charge in [-0.25, -0.2) is 0 Å². The summed E-state index contributed by atoms with van der Waals surface area (Å²) in [6.45, 7) is 6.86. The molecule has 4 aromatic rings. The lowest BCUT2D eigenvalue weighted by molar-refractivity contribution is 0.678. The zero-order chi connectivity index (χ0) is 19.3. The number of fused-ring (bicyclic) bond motifs is 3. The van der Waals surface area contributed by atoms with Gasteiger partial charge in [-0.3, -0.25) is 0 Å². The van der Waals surface area contributed by atoms with Crippen molar-refractivity contribution in [2.24, 2.45) is 0 Å². The van der Waals surface area contributed by atoms with Crippen molar-refractivity contribution >= 4 is 70.6 Å². The first-order chi connectivity index (χ1) is 13.8. The topological polar surface area (TPSA) is 3.24 Å². The van der Waals surface area contributed by atoms with E-state index < -0.39 is 0 Å². The molecule has 3 heterocycles. The van der Waals surface area contributed by atoms with E-state index in [1.54, 1.807) is 0 Å². The fraction of sp³-hybridized carbons (Fsp3) is 0.333. The highest BCUT2D eigenvalue weighted by molar-refractivity contribution is 7.38. The summed E-state index contributed by atoms with van der Waals surface area (Å²) in [5.74, 6) is 0. The molecule has 0 saturated carbocycles. The first-order valence-electron chi connectivity index (χ1n) is 10.2. The molecule has 4 rings (SSSR count). The number of rotatable bonds is 9. The molecule has 28 heavy (non-hydrogen) atoms. The lowest BCUT2D eigenvalue weighted by atomic mass is 10.1. The second kappa shape index (κ2) is 9.25. The van der Waals surface area contributed by atoms with Crippen molar-refractivity contribution in [1.29, 1.82) is 0 Å². The van der Waals surface area contributed by atoms with Crippen LogP contribution < -0.4 is 4.90 Å². The molecule has 0 fully saturated rings. The Morgan fingerprint density at radius 3 is 2.29 bits per heavy atom. The van der Waals surface area contributed by atoms with Crippen LogP contribution in [-0.2, 0) is 0 Å². The van der Waals surface area contributed by atoms with E-state index >= 15 is 0 Å². The Bertz CT molecular complexity index is 1040. The monoisotopic (exact) mass is 425 g/mol. The van der Waals surface area contributed by atoms with E-state index in [4.69, 9.17) is 0 Å². The molecule has 0 bridgehead atoms. The average Bonchev–Trinajstić information content (AvgIpc) is 3.39. The zero-order valence-corrected chi connectivity index (χ0v) is 19.1. The predicted octanol–water partition coefficient (Wildman–Crippen LogP) is 8.75. The van der Waals surface area contributed by atoms with Crippen molar-refractivity contribution in [3.05, 3.63) is 52.2 Å². The molecule has 0 atom stereocenters. The molecule has 0 N–H and O–H groups in total. The van der Waals surface area contributed by atoms with E-state index in [9.17, 15) is 0 Å². The molecule has 4 heteroatoms. The third-order valence-corrected chi connectivity index (χ3v) is 8.57. The Hall–Kier alpha value is -1.62. The fourth-order valence-corrected chi connectivity index (χ4v) is 7.09. The third-order valence-electron chi connectivity index (χ3n) is 5.03. The van der Waals surface area contributed by atoms with Gasteiger partial charge in [0, 0.05) is 33.1 Å². The van der Waals surface area contributed by atoms with Crippen LogP contribution in [0.4, 0.5) is 5.69 Å². The lowest BCUT2D eigenvalue weighted by Gasteiger charge is -2.24. The van der Waals surface area contributed by atoms with Gasteiger partial charge in [0.25, 0.3) is 0 Å². The van der Waals surface area contributed by atoms with Crippen molar-refractivity contribution in [3.63, 3.8) is 0 Å². The average molecular weight is 426 g/mol. The lowest BCUT2D eigenvalue weighted by Crippen LogP contribution is -2.25. The predicted molar refractivity (Wildman–Crippen MR) is 132 cm³/mol. The van der Waals surface area contributed by atoms with Gasteiger partial charge in [-0.05, 0) is 54.1 Å². The largest absolute Gasteiger partial charge is 0.372 e. The Labute approximate surface area is 179 Å². The van der Waals surface area contributed by atoms with Gasteiger partial charge in [0.15, 0.2) is 0 Å². The number of unbranched alkanes of at least 4 members (excludes halogenated alkanes) is 2. The van der Waals surface area contributed by atoms with Crippen LogP contribution in [0.15, 0.2) is 41.8 Å². The number of benzene rings is 1. The fourth-order valence-electron chi connectivity index (χ4n) is 3.41. The van der Waals surface area contributed by atoms with Crippen LogP contribution in [0.1, 0.15) is 50.0 Å². The highest BCUT2D eigenvalue weighted by Crippen LogP contribution is 2.42. The van der Waals surface area contributed by atoms with Crippen LogP contribution in [0.25, 0.3) is 31.0 Å². The molecular weight excluding hydrogens is 398 g/mol. The molecule has 0 spiro atoms. The highest BCUT2D eigenvalue weighted by atomic mass is 32.1. The van der Waals surface area contributed by atoms with E-state index in [1.165, 1.54) is 60.6 Å². The summed E-state index contributed by atoms with van der Waals surface area (Å²) in [7, 11) is 0. The molecule has 1 nitrogen and oxygen atoms in total. The number of anilines is 1. The maximum absolute atomic E-state index is 2.54. The van der Waals surface area contributed by atoms with Gasteiger partial charge in [0.1, 0.15) is 0 Å². The van der Waals surface area contributed by atoms with E-state index in [0.717, 1.165) is 13.1 Å². The number of hydrogen-bond acceptors (Lipinski definition) is 4. The summed E-state index contributed by atoms with van der Waals surface area (Å²) >= 11 is 5.68. The summed E-state index contributed by atoms with van der Waals surface area (Å²) < 4.78 is 5.75. The van der Waals surface area contributed by atoms with Gasteiger partial charge in [-0.1, -0.05) is 44.9 Å². The highest BCUT2D eigenvalue weighted by Gasteiger charge is 2.09. The van der Waals surface area contributed by atoms with Gasteiger partial charge in [-0.15, -0.1) is 34.0 Å². The second-order valence-electron chi connectivity index (χ2n) is 7.18. The Balaban J connectivity index is 1.47. The van der Waals surface area contributed by atoms with Crippen LogP contribution in [0.3, 0.4) is 0 Å². The molecule has 1 aromatic carbocycles. The summed E-state index contributed by atoms with van der Waals surface area (Å²) in [6, 6.07) is 13.6. The standard InChI is InChI=1S/C24H27NS3/c1-3-5-14-25(15-6-4-2)19-10-7-18(8-11-19)9-12-20-17-22-24(27-20)23-21(28-22)13-16-26-23/h7-13,16-17H,3-6,14-15H2,1-2H3/b12-9+. The van der Waals surface area contributed by atoms with Crippen molar-refractivity contribution < 1.29 is 0 Å². The van der Waals surface area contributed by atoms with E-state index in [-0.39, 0.29) is 0 Å². The minimum absolute atomic E-state index is 1.16. The third kappa shape index (κ3) is 4.35. The first kappa shape index (κ1) is 19.7. The van der Waals surface area contributed by atoms with Crippen molar-refractivity contribution in [3.8, 4) is 0 Å². The minimum Gasteiger partial charge on any atom is -0.372 e. The smallest absolute Gasteiger partial charge is 0.0635 e. The molecule has 0 saturated heterocycles. The Morgan fingerprint density at radius 2 is 1.57 bits per heavy atom.